The zero-order valence-corrected chi connectivity index (χ0v) is 17.9. The topological polar surface area (TPSA) is 119 Å². The first kappa shape index (κ1) is 21.8. The Morgan fingerprint density at radius 2 is 1.90 bits per heavy atom. The average Bonchev–Trinajstić information content (AvgIpc) is 3.35. The fraction of sp³-hybridized carbons (Fsp3) is 0.450. The van der Waals surface area contributed by atoms with Crippen LogP contribution in [-0.2, 0) is 20.2 Å². The number of nitrogens with one attached hydrogen (secondary N) is 1. The number of hydrogen-bond donors (Lipinski definition) is 3. The van der Waals surface area contributed by atoms with Crippen LogP contribution in [0.25, 0.3) is 0 Å². The largest absolute Gasteiger partial charge is 0.484 e. The van der Waals surface area contributed by atoms with Crippen molar-refractivity contribution < 1.29 is 23.1 Å². The Morgan fingerprint density at radius 1 is 1.24 bits per heavy atom. The molecule has 0 spiro atoms. The van der Waals surface area contributed by atoms with Gasteiger partial charge in [-0.25, -0.2) is 13.1 Å². The Bertz CT molecular complexity index is 946. The van der Waals surface area contributed by atoms with E-state index in [4.69, 9.17) is 10.5 Å². The van der Waals surface area contributed by atoms with E-state index in [1.54, 1.807) is 18.3 Å². The smallest absolute Gasteiger partial charge is 0.255 e. The van der Waals surface area contributed by atoms with Crippen LogP contribution in [0.1, 0.15) is 48.5 Å². The van der Waals surface area contributed by atoms with Crippen molar-refractivity contribution in [3.05, 3.63) is 46.2 Å². The number of amides is 1. The Kier molecular flexibility index (Phi) is 6.62. The molecule has 0 bridgehead atoms. The Labute approximate surface area is 174 Å². The number of carbonyl (C=O) groups is 1. The molecule has 0 aliphatic heterocycles. The van der Waals surface area contributed by atoms with Gasteiger partial charge in [-0.3, -0.25) is 4.79 Å². The van der Waals surface area contributed by atoms with Crippen molar-refractivity contribution in [1.82, 2.24) is 4.72 Å². The van der Waals surface area contributed by atoms with Crippen molar-refractivity contribution in [3.63, 3.8) is 0 Å². The number of aliphatic hydroxyl groups is 1. The van der Waals surface area contributed by atoms with E-state index in [1.807, 2.05) is 12.1 Å². The van der Waals surface area contributed by atoms with Crippen molar-refractivity contribution >= 4 is 27.3 Å². The summed E-state index contributed by atoms with van der Waals surface area (Å²) in [5.74, 6) is -0.225. The van der Waals surface area contributed by atoms with Gasteiger partial charge in [0, 0.05) is 21.7 Å². The maximum Gasteiger partial charge on any atom is 0.255 e. The minimum Gasteiger partial charge on any atom is -0.484 e. The lowest BCUT2D eigenvalue weighted by Gasteiger charge is -2.28. The molecule has 1 amide bonds. The predicted molar refractivity (Wildman–Crippen MR) is 111 cm³/mol. The van der Waals surface area contributed by atoms with Crippen LogP contribution < -0.4 is 15.2 Å². The summed E-state index contributed by atoms with van der Waals surface area (Å²) in [4.78, 5) is 12.9. The fourth-order valence-electron chi connectivity index (χ4n) is 3.61. The van der Waals surface area contributed by atoms with E-state index in [2.05, 4.69) is 4.72 Å². The molecular formula is C20H26N2O5S2. The number of hydrogen-bond acceptors (Lipinski definition) is 6. The van der Waals surface area contributed by atoms with Gasteiger partial charge in [0.15, 0.2) is 6.61 Å². The minimum absolute atomic E-state index is 0.132. The van der Waals surface area contributed by atoms with Crippen LogP contribution in [0.3, 0.4) is 0 Å². The van der Waals surface area contributed by atoms with Crippen LogP contribution in [0.2, 0.25) is 0 Å². The number of thiophene rings is 1. The van der Waals surface area contributed by atoms with Gasteiger partial charge < -0.3 is 15.6 Å². The van der Waals surface area contributed by atoms with E-state index in [-0.39, 0.29) is 16.9 Å². The summed E-state index contributed by atoms with van der Waals surface area (Å²) in [5, 5.41) is 9.83. The lowest BCUT2D eigenvalue weighted by Crippen LogP contribution is -2.38. The summed E-state index contributed by atoms with van der Waals surface area (Å²) >= 11 is 1.55. The summed E-state index contributed by atoms with van der Waals surface area (Å²) in [7, 11) is -3.69. The third-order valence-electron chi connectivity index (χ3n) is 5.24. The Morgan fingerprint density at radius 3 is 2.45 bits per heavy atom. The average molecular weight is 439 g/mol. The molecule has 1 aromatic heterocycles. The van der Waals surface area contributed by atoms with Crippen molar-refractivity contribution in [1.29, 1.82) is 0 Å². The van der Waals surface area contributed by atoms with Crippen molar-refractivity contribution in [2.45, 2.75) is 49.0 Å². The molecule has 158 valence electrons. The van der Waals surface area contributed by atoms with Gasteiger partial charge in [-0.05, 0) is 56.2 Å². The van der Waals surface area contributed by atoms with Crippen molar-refractivity contribution in [2.24, 2.45) is 5.73 Å². The second-order valence-electron chi connectivity index (χ2n) is 7.42. The molecule has 1 fully saturated rings. The van der Waals surface area contributed by atoms with Crippen LogP contribution in [0.5, 0.6) is 5.75 Å². The van der Waals surface area contributed by atoms with Gasteiger partial charge in [0.25, 0.3) is 5.91 Å². The third-order valence-corrected chi connectivity index (χ3v) is 8.16. The molecule has 1 atom stereocenters. The highest BCUT2D eigenvalue weighted by atomic mass is 32.2. The molecule has 1 aliphatic carbocycles. The molecule has 3 rings (SSSR count). The molecule has 1 saturated carbocycles. The van der Waals surface area contributed by atoms with E-state index < -0.39 is 22.0 Å². The van der Waals surface area contributed by atoms with Gasteiger partial charge in [-0.1, -0.05) is 12.8 Å². The van der Waals surface area contributed by atoms with E-state index >= 15 is 0 Å². The Hall–Kier alpha value is -1.94. The normalized spacial score (nSPS) is 17.2. The quantitative estimate of drug-likeness (QED) is 0.556. The number of sulfonamides is 1. The summed E-state index contributed by atoms with van der Waals surface area (Å²) in [6.45, 7) is 1.79. The highest BCUT2D eigenvalue weighted by Gasteiger charge is 2.38. The molecule has 29 heavy (non-hydrogen) atoms. The van der Waals surface area contributed by atoms with Gasteiger partial charge >= 0.3 is 0 Å². The molecule has 4 N–H and O–H groups in total. The molecule has 1 heterocycles. The van der Waals surface area contributed by atoms with Gasteiger partial charge in [0.2, 0.25) is 10.0 Å². The zero-order chi connectivity index (χ0) is 21.1. The summed E-state index contributed by atoms with van der Waals surface area (Å²) in [5.41, 5.74) is 4.79. The number of aliphatic hydroxyl groups excluding tert-OH is 1. The lowest BCUT2D eigenvalue weighted by molar-refractivity contribution is -0.119. The van der Waals surface area contributed by atoms with E-state index in [0.717, 1.165) is 35.4 Å². The molecule has 0 radical (unpaired) electrons. The fourth-order valence-corrected chi connectivity index (χ4v) is 5.93. The highest BCUT2D eigenvalue weighted by Crippen LogP contribution is 2.44. The van der Waals surface area contributed by atoms with Crippen LogP contribution in [0.4, 0.5) is 0 Å². The number of ether oxygens (including phenoxy) is 1. The number of primary amides is 1. The van der Waals surface area contributed by atoms with Crippen molar-refractivity contribution in [2.75, 3.05) is 13.2 Å². The van der Waals surface area contributed by atoms with Gasteiger partial charge in [0.1, 0.15) is 5.75 Å². The maximum atomic E-state index is 12.8. The summed E-state index contributed by atoms with van der Waals surface area (Å²) in [6.07, 6.45) is 3.40. The molecular weight excluding hydrogens is 412 g/mol. The number of rotatable bonds is 9. The monoisotopic (exact) mass is 438 g/mol. The van der Waals surface area contributed by atoms with Crippen LogP contribution in [-0.4, -0.2) is 32.6 Å². The van der Waals surface area contributed by atoms with Gasteiger partial charge in [-0.15, -0.1) is 11.3 Å². The van der Waals surface area contributed by atoms with E-state index in [0.29, 0.717) is 12.3 Å². The van der Waals surface area contributed by atoms with Crippen molar-refractivity contribution in [3.8, 4) is 5.75 Å². The van der Waals surface area contributed by atoms with E-state index in [9.17, 15) is 18.3 Å². The molecule has 0 saturated heterocycles. The van der Waals surface area contributed by atoms with Crippen LogP contribution in [0, 0.1) is 0 Å². The first-order chi connectivity index (χ1) is 13.7. The second-order valence-corrected chi connectivity index (χ2v) is 10.3. The Balaban J connectivity index is 1.72. The highest BCUT2D eigenvalue weighted by molar-refractivity contribution is 7.89. The number of carbonyl (C=O) groups excluding carboxylic acids is 1. The minimum atomic E-state index is -3.69. The molecule has 9 heteroatoms. The SMILES string of the molecule is C[C@@H](O)c1ccc(C2(CNS(=O)(=O)c3ccc(OCC(N)=O)cc3)CCCC2)s1. The second kappa shape index (κ2) is 8.83. The molecule has 2 aromatic rings. The third kappa shape index (κ3) is 5.16. The molecule has 1 aromatic carbocycles. The van der Waals surface area contributed by atoms with Gasteiger partial charge in [-0.2, -0.15) is 0 Å². The first-order valence-corrected chi connectivity index (χ1v) is 11.8. The molecule has 7 nitrogen and oxygen atoms in total. The van der Waals surface area contributed by atoms with Gasteiger partial charge in [0.05, 0.1) is 11.0 Å². The number of benzene rings is 1. The van der Waals surface area contributed by atoms with E-state index in [1.165, 1.54) is 24.3 Å². The molecule has 1 aliphatic rings. The standard InChI is InChI=1S/C20H26N2O5S2/c1-14(23)17-8-9-18(28-17)20(10-2-3-11-20)13-22-29(25,26)16-6-4-15(5-7-16)27-12-19(21)24/h4-9,14,22-23H,2-3,10-13H2,1H3,(H2,21,24)/t14-/m1/s1. The summed E-state index contributed by atoms with van der Waals surface area (Å²) < 4.78 is 33.5. The lowest BCUT2D eigenvalue weighted by atomic mass is 9.85. The van der Waals surface area contributed by atoms with Crippen LogP contribution in [0.15, 0.2) is 41.3 Å². The zero-order valence-electron chi connectivity index (χ0n) is 16.3. The summed E-state index contributed by atoms with van der Waals surface area (Å²) in [6, 6.07) is 9.81. The first-order valence-electron chi connectivity index (χ1n) is 9.51. The van der Waals surface area contributed by atoms with Crippen LogP contribution >= 0.6 is 11.3 Å². The number of nitrogens with two attached hydrogens (primary N) is 1. The molecule has 0 unspecified atom stereocenters. The maximum absolute atomic E-state index is 12.8. The predicted octanol–water partition coefficient (Wildman–Crippen LogP) is 2.46.